The zero-order chi connectivity index (χ0) is 24.9. The maximum Gasteiger partial charge on any atom is 0.270 e. The lowest BCUT2D eigenvalue weighted by Crippen LogP contribution is -2.43. The Balaban J connectivity index is 1.55. The van der Waals surface area contributed by atoms with Crippen molar-refractivity contribution < 1.29 is 19.3 Å². The molecule has 0 aliphatic carbocycles. The number of unbranched alkanes of at least 4 members (excludes halogenated alkanes) is 3. The highest BCUT2D eigenvalue weighted by atomic mass is 32.1. The number of anilines is 1. The van der Waals surface area contributed by atoms with Gasteiger partial charge in [0.05, 0.1) is 21.7 Å². The fourth-order valence-corrected chi connectivity index (χ4v) is 4.79. The van der Waals surface area contributed by atoms with E-state index < -0.39 is 29.2 Å². The summed E-state index contributed by atoms with van der Waals surface area (Å²) < 4.78 is 0. The molecular formula is C25H24N4O5S. The third kappa shape index (κ3) is 5.12. The van der Waals surface area contributed by atoms with E-state index in [1.807, 2.05) is 35.7 Å². The first-order valence-corrected chi connectivity index (χ1v) is 12.2. The monoisotopic (exact) mass is 492 g/mol. The molecule has 180 valence electrons. The van der Waals surface area contributed by atoms with Crippen molar-refractivity contribution in [2.24, 2.45) is 0 Å². The summed E-state index contributed by atoms with van der Waals surface area (Å²) in [7, 11) is 0. The largest absolute Gasteiger partial charge is 0.287 e. The molecule has 1 aliphatic heterocycles. The van der Waals surface area contributed by atoms with Crippen molar-refractivity contribution in [1.29, 1.82) is 0 Å². The maximum atomic E-state index is 13.4. The zero-order valence-electron chi connectivity index (χ0n) is 19.2. The van der Waals surface area contributed by atoms with Gasteiger partial charge >= 0.3 is 0 Å². The van der Waals surface area contributed by atoms with Crippen molar-refractivity contribution in [1.82, 2.24) is 9.88 Å². The predicted octanol–water partition coefficient (Wildman–Crippen LogP) is 4.93. The van der Waals surface area contributed by atoms with E-state index >= 15 is 0 Å². The third-order valence-electron chi connectivity index (χ3n) is 5.79. The first kappa shape index (κ1) is 24.2. The number of non-ortho nitro benzene ring substituents is 1. The molecule has 0 fully saturated rings. The van der Waals surface area contributed by atoms with Crippen molar-refractivity contribution in [2.45, 2.75) is 32.6 Å². The quantitative estimate of drug-likeness (QED) is 0.172. The van der Waals surface area contributed by atoms with Crippen LogP contribution in [0.4, 0.5) is 10.8 Å². The number of nitrogens with zero attached hydrogens (tertiary/aromatic N) is 4. The number of aromatic nitrogens is 1. The number of benzene rings is 2. The minimum Gasteiger partial charge on any atom is -0.287 e. The van der Waals surface area contributed by atoms with E-state index in [0.717, 1.165) is 47.9 Å². The van der Waals surface area contributed by atoms with Crippen LogP contribution >= 0.6 is 11.3 Å². The van der Waals surface area contributed by atoms with E-state index in [2.05, 4.69) is 11.9 Å². The summed E-state index contributed by atoms with van der Waals surface area (Å²) in [6.45, 7) is 2.05. The van der Waals surface area contributed by atoms with Crippen LogP contribution in [0.25, 0.3) is 11.3 Å². The molecule has 3 amide bonds. The predicted molar refractivity (Wildman–Crippen MR) is 133 cm³/mol. The first-order valence-electron chi connectivity index (χ1n) is 11.4. The van der Waals surface area contributed by atoms with Crippen LogP contribution < -0.4 is 4.90 Å². The Morgan fingerprint density at radius 1 is 1.06 bits per heavy atom. The first-order chi connectivity index (χ1) is 16.9. The Morgan fingerprint density at radius 2 is 1.80 bits per heavy atom. The normalized spacial score (nSPS) is 12.7. The smallest absolute Gasteiger partial charge is 0.270 e. The number of hydrogen-bond donors (Lipinski definition) is 0. The second kappa shape index (κ2) is 10.6. The fourth-order valence-electron chi connectivity index (χ4n) is 3.91. The van der Waals surface area contributed by atoms with E-state index in [9.17, 15) is 24.5 Å². The van der Waals surface area contributed by atoms with Crippen molar-refractivity contribution in [3.8, 4) is 11.3 Å². The van der Waals surface area contributed by atoms with Crippen LogP contribution in [0.5, 0.6) is 0 Å². The fraction of sp³-hybridized carbons (Fsp3) is 0.280. The van der Waals surface area contributed by atoms with Crippen molar-refractivity contribution in [3.63, 3.8) is 0 Å². The Labute approximate surface area is 206 Å². The van der Waals surface area contributed by atoms with E-state index in [1.165, 1.54) is 28.4 Å². The molecule has 10 heteroatoms. The van der Waals surface area contributed by atoms with Gasteiger partial charge in [-0.05, 0) is 12.5 Å². The SMILES string of the molecule is CCCCCCN(C(=O)CN1C(=O)c2ccc([N+](=O)[O-])cc2C1=O)c1nc(-c2ccccc2)cs1. The lowest BCUT2D eigenvalue weighted by atomic mass is 10.1. The molecule has 0 saturated heterocycles. The number of hydrogen-bond acceptors (Lipinski definition) is 7. The molecule has 0 spiro atoms. The molecule has 9 nitrogen and oxygen atoms in total. The van der Waals surface area contributed by atoms with Gasteiger partial charge in [0.25, 0.3) is 17.5 Å². The third-order valence-corrected chi connectivity index (χ3v) is 6.65. The van der Waals surface area contributed by atoms with Gasteiger partial charge in [0, 0.05) is 29.6 Å². The van der Waals surface area contributed by atoms with Crippen LogP contribution in [0.3, 0.4) is 0 Å². The molecule has 4 rings (SSSR count). The van der Waals surface area contributed by atoms with Crippen molar-refractivity contribution in [3.05, 3.63) is 75.2 Å². The second-order valence-electron chi connectivity index (χ2n) is 8.17. The Hall–Kier alpha value is -3.92. The Bertz CT molecular complexity index is 1270. The second-order valence-corrected chi connectivity index (χ2v) is 9.01. The summed E-state index contributed by atoms with van der Waals surface area (Å²) in [6.07, 6.45) is 3.78. The minimum absolute atomic E-state index is 0.0588. The van der Waals surface area contributed by atoms with Gasteiger partial charge in [-0.2, -0.15) is 0 Å². The van der Waals surface area contributed by atoms with Crippen LogP contribution in [0.2, 0.25) is 0 Å². The van der Waals surface area contributed by atoms with Gasteiger partial charge in [-0.1, -0.05) is 56.5 Å². The number of thiazole rings is 1. The molecule has 35 heavy (non-hydrogen) atoms. The van der Waals surface area contributed by atoms with Gasteiger partial charge in [-0.15, -0.1) is 11.3 Å². The van der Waals surface area contributed by atoms with Crippen molar-refractivity contribution >= 4 is 39.9 Å². The van der Waals surface area contributed by atoms with E-state index in [-0.39, 0.29) is 16.8 Å². The molecule has 0 unspecified atom stereocenters. The topological polar surface area (TPSA) is 114 Å². The average Bonchev–Trinajstić information content (AvgIpc) is 3.44. The average molecular weight is 493 g/mol. The van der Waals surface area contributed by atoms with Gasteiger partial charge in [-0.25, -0.2) is 4.98 Å². The summed E-state index contributed by atoms with van der Waals surface area (Å²) >= 11 is 1.33. The number of nitro benzene ring substituents is 1. The number of amides is 3. The molecule has 1 aliphatic rings. The van der Waals surface area contributed by atoms with Gasteiger partial charge in [0.2, 0.25) is 5.91 Å². The molecule has 0 atom stereocenters. The number of imide groups is 1. The van der Waals surface area contributed by atoms with Gasteiger partial charge in [0.1, 0.15) is 6.54 Å². The summed E-state index contributed by atoms with van der Waals surface area (Å²) in [4.78, 5) is 56.5. The number of fused-ring (bicyclic) bond motifs is 1. The number of carbonyl (C=O) groups excluding carboxylic acids is 3. The van der Waals surface area contributed by atoms with Crippen LogP contribution in [-0.2, 0) is 4.79 Å². The molecule has 0 saturated carbocycles. The summed E-state index contributed by atoms with van der Waals surface area (Å²) in [5, 5.41) is 13.4. The highest BCUT2D eigenvalue weighted by Crippen LogP contribution is 2.30. The van der Waals surface area contributed by atoms with E-state index in [1.54, 1.807) is 0 Å². The Morgan fingerprint density at radius 3 is 2.51 bits per heavy atom. The standard InChI is InChI=1S/C25H24N4O5S/c1-2-3-4-8-13-27(25-26-21(16-35-25)17-9-6-5-7-10-17)22(30)15-28-23(31)19-12-11-18(29(33)34)14-20(19)24(28)32/h5-7,9-12,14,16H,2-4,8,13,15H2,1H3. The van der Waals surface area contributed by atoms with Gasteiger partial charge in [-0.3, -0.25) is 34.3 Å². The summed E-state index contributed by atoms with van der Waals surface area (Å²) in [5.74, 6) is -1.78. The molecule has 0 N–H and O–H groups in total. The van der Waals surface area contributed by atoms with Crippen LogP contribution in [-0.4, -0.2) is 45.6 Å². The van der Waals surface area contributed by atoms with Crippen LogP contribution in [0, 0.1) is 10.1 Å². The van der Waals surface area contributed by atoms with E-state index in [0.29, 0.717) is 11.7 Å². The highest BCUT2D eigenvalue weighted by Gasteiger charge is 2.39. The number of nitro groups is 1. The number of carbonyl (C=O) groups is 3. The maximum absolute atomic E-state index is 13.4. The summed E-state index contributed by atoms with van der Waals surface area (Å²) in [5.41, 5.74) is 1.38. The molecule has 0 radical (unpaired) electrons. The summed E-state index contributed by atoms with van der Waals surface area (Å²) in [6, 6.07) is 13.1. The zero-order valence-corrected chi connectivity index (χ0v) is 20.0. The van der Waals surface area contributed by atoms with Gasteiger partial charge in [0.15, 0.2) is 5.13 Å². The van der Waals surface area contributed by atoms with Crippen LogP contribution in [0.15, 0.2) is 53.9 Å². The Kier molecular flexibility index (Phi) is 7.31. The minimum atomic E-state index is -0.711. The highest BCUT2D eigenvalue weighted by molar-refractivity contribution is 7.14. The lowest BCUT2D eigenvalue weighted by molar-refractivity contribution is -0.384. The molecule has 2 heterocycles. The lowest BCUT2D eigenvalue weighted by Gasteiger charge is -2.22. The van der Waals surface area contributed by atoms with Gasteiger partial charge < -0.3 is 0 Å². The molecule has 1 aromatic heterocycles. The molecule has 2 aromatic carbocycles. The van der Waals surface area contributed by atoms with E-state index in [4.69, 9.17) is 0 Å². The molecular weight excluding hydrogens is 468 g/mol. The number of rotatable bonds is 10. The van der Waals surface area contributed by atoms with Crippen molar-refractivity contribution in [2.75, 3.05) is 18.0 Å². The molecule has 0 bridgehead atoms. The molecule has 3 aromatic rings. The van der Waals surface area contributed by atoms with Crippen LogP contribution in [0.1, 0.15) is 53.3 Å².